The van der Waals surface area contributed by atoms with Gasteiger partial charge in [-0.2, -0.15) is 0 Å². The predicted octanol–water partition coefficient (Wildman–Crippen LogP) is 2.54. The van der Waals surface area contributed by atoms with E-state index in [0.29, 0.717) is 5.92 Å². The summed E-state index contributed by atoms with van der Waals surface area (Å²) in [6.45, 7) is 5.75. The van der Waals surface area contributed by atoms with E-state index in [2.05, 4.69) is 27.3 Å². The van der Waals surface area contributed by atoms with Crippen LogP contribution in [0.25, 0.3) is 5.52 Å². The number of rotatable bonds is 3. The Morgan fingerprint density at radius 2 is 2.11 bits per heavy atom. The zero-order valence-corrected chi connectivity index (χ0v) is 11.7. The minimum absolute atomic E-state index is 0.567. The molecule has 102 valence electrons. The van der Waals surface area contributed by atoms with Crippen LogP contribution in [0.4, 0.5) is 0 Å². The van der Waals surface area contributed by atoms with Crippen LogP contribution in [0.1, 0.15) is 31.5 Å². The fourth-order valence-electron chi connectivity index (χ4n) is 2.92. The summed E-state index contributed by atoms with van der Waals surface area (Å²) in [7, 11) is 1.71. The number of hydrogen-bond acceptors (Lipinski definition) is 3. The fourth-order valence-corrected chi connectivity index (χ4v) is 2.92. The molecule has 3 rings (SSSR count). The number of pyridine rings is 1. The Morgan fingerprint density at radius 3 is 2.79 bits per heavy atom. The molecule has 0 saturated carbocycles. The highest BCUT2D eigenvalue weighted by atomic mass is 16.5. The summed E-state index contributed by atoms with van der Waals surface area (Å²) in [5, 5.41) is 0. The average molecular weight is 259 g/mol. The number of piperidine rings is 1. The van der Waals surface area contributed by atoms with E-state index >= 15 is 0 Å². The van der Waals surface area contributed by atoms with Gasteiger partial charge in [-0.25, -0.2) is 4.98 Å². The van der Waals surface area contributed by atoms with Gasteiger partial charge in [-0.15, -0.1) is 0 Å². The smallest absolute Gasteiger partial charge is 0.135 e. The molecule has 0 unspecified atom stereocenters. The van der Waals surface area contributed by atoms with Gasteiger partial charge < -0.3 is 9.64 Å². The molecule has 4 nitrogen and oxygen atoms in total. The summed E-state index contributed by atoms with van der Waals surface area (Å²) < 4.78 is 7.50. The summed E-state index contributed by atoms with van der Waals surface area (Å²) in [5.41, 5.74) is 1.15. The zero-order chi connectivity index (χ0) is 13.2. The Labute approximate surface area is 114 Å². The first-order valence-electron chi connectivity index (χ1n) is 7.05. The number of fused-ring (bicyclic) bond motifs is 1. The van der Waals surface area contributed by atoms with Gasteiger partial charge in [0.25, 0.3) is 0 Å². The first kappa shape index (κ1) is 12.5. The van der Waals surface area contributed by atoms with Crippen molar-refractivity contribution in [3.05, 3.63) is 30.4 Å². The molecule has 0 aromatic carbocycles. The summed E-state index contributed by atoms with van der Waals surface area (Å²) >= 11 is 0. The van der Waals surface area contributed by atoms with Gasteiger partial charge in [0.05, 0.1) is 25.0 Å². The lowest BCUT2D eigenvalue weighted by atomic mass is 9.96. The molecule has 1 saturated heterocycles. The Balaban J connectivity index is 1.88. The van der Waals surface area contributed by atoms with Crippen molar-refractivity contribution in [1.29, 1.82) is 0 Å². The molecule has 2 aromatic rings. The van der Waals surface area contributed by atoms with E-state index in [1.807, 2.05) is 18.5 Å². The highest BCUT2D eigenvalue weighted by Crippen LogP contribution is 2.28. The van der Waals surface area contributed by atoms with Crippen molar-refractivity contribution >= 4 is 5.52 Å². The largest absolute Gasteiger partial charge is 0.495 e. The lowest BCUT2D eigenvalue weighted by Gasteiger charge is -2.30. The molecule has 3 heterocycles. The minimum atomic E-state index is 0.567. The minimum Gasteiger partial charge on any atom is -0.495 e. The Bertz CT molecular complexity index is 556. The van der Waals surface area contributed by atoms with E-state index in [0.717, 1.165) is 17.8 Å². The number of aromatic nitrogens is 2. The quantitative estimate of drug-likeness (QED) is 0.848. The van der Waals surface area contributed by atoms with Crippen LogP contribution in [0.5, 0.6) is 5.75 Å². The second kappa shape index (κ2) is 5.21. The number of ether oxygens (including phenoxy) is 1. The van der Waals surface area contributed by atoms with Gasteiger partial charge in [-0.3, -0.25) is 4.40 Å². The third-order valence-electron chi connectivity index (χ3n) is 4.16. The molecule has 0 spiro atoms. The van der Waals surface area contributed by atoms with Crippen LogP contribution in [0.15, 0.2) is 24.5 Å². The van der Waals surface area contributed by atoms with Gasteiger partial charge in [-0.1, -0.05) is 6.92 Å². The lowest BCUT2D eigenvalue weighted by Crippen LogP contribution is -2.33. The van der Waals surface area contributed by atoms with Crippen molar-refractivity contribution in [1.82, 2.24) is 14.3 Å². The van der Waals surface area contributed by atoms with E-state index in [1.54, 1.807) is 7.11 Å². The van der Waals surface area contributed by atoms with Crippen molar-refractivity contribution < 1.29 is 4.74 Å². The number of hydrogen-bond donors (Lipinski definition) is 0. The van der Waals surface area contributed by atoms with Gasteiger partial charge in [0.1, 0.15) is 11.6 Å². The Kier molecular flexibility index (Phi) is 3.42. The second-order valence-corrected chi connectivity index (χ2v) is 5.19. The second-order valence-electron chi connectivity index (χ2n) is 5.19. The molecule has 0 bridgehead atoms. The van der Waals surface area contributed by atoms with Crippen LogP contribution >= 0.6 is 0 Å². The van der Waals surface area contributed by atoms with Gasteiger partial charge in [0.2, 0.25) is 0 Å². The van der Waals surface area contributed by atoms with E-state index in [9.17, 15) is 0 Å². The van der Waals surface area contributed by atoms with E-state index in [4.69, 9.17) is 4.74 Å². The first-order valence-corrected chi connectivity index (χ1v) is 7.05. The third-order valence-corrected chi connectivity index (χ3v) is 4.16. The van der Waals surface area contributed by atoms with Gasteiger partial charge >= 0.3 is 0 Å². The number of methoxy groups -OCH3 is 1. The molecule has 0 amide bonds. The molecule has 4 heteroatoms. The van der Waals surface area contributed by atoms with Crippen molar-refractivity contribution in [3.8, 4) is 5.75 Å². The topological polar surface area (TPSA) is 29.8 Å². The number of imidazole rings is 1. The molecule has 0 atom stereocenters. The zero-order valence-electron chi connectivity index (χ0n) is 11.7. The maximum Gasteiger partial charge on any atom is 0.135 e. The molecule has 0 radical (unpaired) electrons. The van der Waals surface area contributed by atoms with Crippen LogP contribution in [-0.2, 0) is 0 Å². The maximum absolute atomic E-state index is 5.31. The van der Waals surface area contributed by atoms with Crippen molar-refractivity contribution in [2.75, 3.05) is 26.7 Å². The third kappa shape index (κ3) is 2.32. The molecule has 0 N–H and O–H groups in total. The molecular formula is C15H21N3O. The summed E-state index contributed by atoms with van der Waals surface area (Å²) in [6, 6.07) is 4.05. The average Bonchev–Trinajstić information content (AvgIpc) is 2.90. The summed E-state index contributed by atoms with van der Waals surface area (Å²) in [5.74, 6) is 2.64. The van der Waals surface area contributed by atoms with Gasteiger partial charge in [0, 0.05) is 5.92 Å². The SMILES string of the molecule is CCN1CCC(c2ncc3ccc(OC)cn23)CC1. The fraction of sp³-hybridized carbons (Fsp3) is 0.533. The predicted molar refractivity (Wildman–Crippen MR) is 75.8 cm³/mol. The van der Waals surface area contributed by atoms with Gasteiger partial charge in [-0.05, 0) is 44.6 Å². The van der Waals surface area contributed by atoms with E-state index in [1.165, 1.54) is 31.8 Å². The highest BCUT2D eigenvalue weighted by Gasteiger charge is 2.23. The highest BCUT2D eigenvalue weighted by molar-refractivity contribution is 5.48. The monoisotopic (exact) mass is 259 g/mol. The molecule has 19 heavy (non-hydrogen) atoms. The van der Waals surface area contributed by atoms with E-state index < -0.39 is 0 Å². The Hall–Kier alpha value is -1.55. The van der Waals surface area contributed by atoms with Crippen LogP contribution in [0.2, 0.25) is 0 Å². The molecule has 1 aliphatic heterocycles. The van der Waals surface area contributed by atoms with Crippen LogP contribution in [-0.4, -0.2) is 41.0 Å². The summed E-state index contributed by atoms with van der Waals surface area (Å²) in [4.78, 5) is 7.14. The van der Waals surface area contributed by atoms with Crippen LogP contribution < -0.4 is 4.74 Å². The normalized spacial score (nSPS) is 18.0. The Morgan fingerprint density at radius 1 is 1.32 bits per heavy atom. The van der Waals surface area contributed by atoms with Crippen molar-refractivity contribution in [2.24, 2.45) is 0 Å². The standard InChI is InChI=1S/C15H21N3O/c1-3-17-8-6-12(7-9-17)15-16-10-13-4-5-14(19-2)11-18(13)15/h4-5,10-12H,3,6-9H2,1-2H3. The van der Waals surface area contributed by atoms with Gasteiger partial charge in [0.15, 0.2) is 0 Å². The first-order chi connectivity index (χ1) is 9.31. The van der Waals surface area contributed by atoms with Crippen LogP contribution in [0, 0.1) is 0 Å². The van der Waals surface area contributed by atoms with Crippen molar-refractivity contribution in [3.63, 3.8) is 0 Å². The molecular weight excluding hydrogens is 238 g/mol. The number of nitrogens with zero attached hydrogens (tertiary/aromatic N) is 3. The maximum atomic E-state index is 5.31. The molecule has 0 aliphatic carbocycles. The summed E-state index contributed by atoms with van der Waals surface area (Å²) in [6.07, 6.45) is 6.40. The molecule has 1 aliphatic rings. The van der Waals surface area contributed by atoms with E-state index in [-0.39, 0.29) is 0 Å². The number of likely N-dealkylation sites (tertiary alicyclic amines) is 1. The lowest BCUT2D eigenvalue weighted by molar-refractivity contribution is 0.219. The molecule has 1 fully saturated rings. The molecule has 2 aromatic heterocycles. The van der Waals surface area contributed by atoms with Crippen molar-refractivity contribution in [2.45, 2.75) is 25.7 Å². The van der Waals surface area contributed by atoms with Crippen LogP contribution in [0.3, 0.4) is 0 Å².